The van der Waals surface area contributed by atoms with E-state index in [2.05, 4.69) is 14.9 Å². The molecule has 1 aliphatic heterocycles. The van der Waals surface area contributed by atoms with Crippen LogP contribution in [0, 0.1) is 0 Å². The molecule has 27 heavy (non-hydrogen) atoms. The van der Waals surface area contributed by atoms with E-state index in [4.69, 9.17) is 5.73 Å². The van der Waals surface area contributed by atoms with Gasteiger partial charge in [0.25, 0.3) is 0 Å². The van der Waals surface area contributed by atoms with Crippen molar-refractivity contribution in [3.63, 3.8) is 0 Å². The number of nitrogens with one attached hydrogen (secondary N) is 2. The molecule has 1 aromatic rings. The van der Waals surface area contributed by atoms with E-state index in [1.54, 1.807) is 13.8 Å². The Morgan fingerprint density at radius 1 is 1.19 bits per heavy atom. The van der Waals surface area contributed by atoms with E-state index in [1.807, 2.05) is 24.3 Å². The molecule has 8 heteroatoms. The number of anilines is 2. The second-order valence-electron chi connectivity index (χ2n) is 7.28. The van der Waals surface area contributed by atoms with Gasteiger partial charge < -0.3 is 16.0 Å². The van der Waals surface area contributed by atoms with Crippen LogP contribution >= 0.6 is 0 Å². The predicted molar refractivity (Wildman–Crippen MR) is 110 cm³/mol. The Hall–Kier alpha value is -1.80. The van der Waals surface area contributed by atoms with Crippen LogP contribution in [0.1, 0.15) is 46.0 Å². The van der Waals surface area contributed by atoms with Crippen LogP contribution in [0.2, 0.25) is 0 Å². The van der Waals surface area contributed by atoms with E-state index >= 15 is 0 Å². The summed E-state index contributed by atoms with van der Waals surface area (Å²) < 4.78 is 25.9. The first-order valence-electron chi connectivity index (χ1n) is 9.69. The minimum absolute atomic E-state index is 0.197. The average Bonchev–Trinajstić information content (AvgIpc) is 3.11. The summed E-state index contributed by atoms with van der Waals surface area (Å²) in [6.07, 6.45) is 4.57. The molecule has 1 fully saturated rings. The quantitative estimate of drug-likeness (QED) is 0.497. The van der Waals surface area contributed by atoms with Crippen LogP contribution in [0.4, 0.5) is 11.4 Å². The van der Waals surface area contributed by atoms with Crippen molar-refractivity contribution in [2.24, 2.45) is 5.73 Å². The summed E-state index contributed by atoms with van der Waals surface area (Å²) in [5.41, 5.74) is 7.54. The number of amides is 1. The lowest BCUT2D eigenvalue weighted by molar-refractivity contribution is -0.119. The van der Waals surface area contributed by atoms with Gasteiger partial charge in [0.05, 0.1) is 5.25 Å². The summed E-state index contributed by atoms with van der Waals surface area (Å²) in [6, 6.07) is 7.87. The monoisotopic (exact) mass is 396 g/mol. The molecule has 0 unspecified atom stereocenters. The van der Waals surface area contributed by atoms with E-state index in [1.165, 1.54) is 0 Å². The zero-order valence-corrected chi connectivity index (χ0v) is 17.1. The van der Waals surface area contributed by atoms with Gasteiger partial charge in [-0.25, -0.2) is 13.1 Å². The number of hydrogen-bond donors (Lipinski definition) is 3. The van der Waals surface area contributed by atoms with Gasteiger partial charge in [0.15, 0.2) is 0 Å². The SMILES string of the molecule is CC(C)S(=O)(=O)NCCCCCNc1ccc(N2CCC[C@H]2C(N)=O)cc1. The molecular weight excluding hydrogens is 364 g/mol. The molecular formula is C19H32N4O3S. The van der Waals surface area contributed by atoms with E-state index in [-0.39, 0.29) is 17.2 Å². The molecule has 1 saturated heterocycles. The summed E-state index contributed by atoms with van der Waals surface area (Å²) >= 11 is 0. The normalized spacial score (nSPS) is 17.4. The second kappa shape index (κ2) is 9.94. The Balaban J connectivity index is 1.67. The summed E-state index contributed by atoms with van der Waals surface area (Å²) in [7, 11) is -3.15. The van der Waals surface area contributed by atoms with E-state index in [9.17, 15) is 13.2 Å². The number of unbranched alkanes of at least 4 members (excludes halogenated alkanes) is 2. The molecule has 2 rings (SSSR count). The zero-order chi connectivity index (χ0) is 19.9. The Morgan fingerprint density at radius 3 is 2.48 bits per heavy atom. The Bertz CT molecular complexity index is 704. The first kappa shape index (κ1) is 21.5. The molecule has 0 spiro atoms. The number of carbonyl (C=O) groups is 1. The highest BCUT2D eigenvalue weighted by atomic mass is 32.2. The number of sulfonamides is 1. The molecule has 1 amide bonds. The first-order chi connectivity index (χ1) is 12.8. The van der Waals surface area contributed by atoms with Gasteiger partial charge in [-0.1, -0.05) is 6.42 Å². The smallest absolute Gasteiger partial charge is 0.240 e. The van der Waals surface area contributed by atoms with Crippen LogP contribution in [0.15, 0.2) is 24.3 Å². The molecule has 4 N–H and O–H groups in total. The highest BCUT2D eigenvalue weighted by Crippen LogP contribution is 2.26. The van der Waals surface area contributed by atoms with Crippen molar-refractivity contribution in [3.8, 4) is 0 Å². The number of nitrogens with zero attached hydrogens (tertiary/aromatic N) is 1. The van der Waals surface area contributed by atoms with Gasteiger partial charge in [-0.05, 0) is 63.8 Å². The average molecular weight is 397 g/mol. The van der Waals surface area contributed by atoms with E-state index in [0.717, 1.165) is 56.6 Å². The molecule has 0 radical (unpaired) electrons. The van der Waals surface area contributed by atoms with Crippen LogP contribution in [0.3, 0.4) is 0 Å². The first-order valence-corrected chi connectivity index (χ1v) is 11.2. The second-order valence-corrected chi connectivity index (χ2v) is 9.60. The standard InChI is InChI=1S/C19H32N4O3S/c1-15(2)27(25,26)22-13-5-3-4-12-21-16-8-10-17(11-9-16)23-14-6-7-18(23)19(20)24/h8-11,15,18,21-22H,3-7,12-14H2,1-2H3,(H2,20,24)/t18-/m0/s1. The van der Waals surface area contributed by atoms with Gasteiger partial charge in [0, 0.05) is 31.0 Å². The molecule has 1 aliphatic rings. The van der Waals surface area contributed by atoms with Gasteiger partial charge in [-0.3, -0.25) is 4.79 Å². The van der Waals surface area contributed by atoms with Gasteiger partial charge >= 0.3 is 0 Å². The fourth-order valence-corrected chi connectivity index (χ4v) is 3.95. The molecule has 0 bridgehead atoms. The number of benzene rings is 1. The van der Waals surface area contributed by atoms with Crippen molar-refractivity contribution >= 4 is 27.3 Å². The van der Waals surface area contributed by atoms with E-state index < -0.39 is 10.0 Å². The van der Waals surface area contributed by atoms with Crippen molar-refractivity contribution in [2.75, 3.05) is 29.9 Å². The molecule has 0 aromatic heterocycles. The lowest BCUT2D eigenvalue weighted by Gasteiger charge is -2.24. The number of primary amides is 1. The van der Waals surface area contributed by atoms with Crippen LogP contribution in [-0.4, -0.2) is 45.3 Å². The summed E-state index contributed by atoms with van der Waals surface area (Å²) in [6.45, 7) is 5.54. The maximum atomic E-state index is 11.6. The van der Waals surface area contributed by atoms with Crippen molar-refractivity contribution in [1.29, 1.82) is 0 Å². The van der Waals surface area contributed by atoms with Gasteiger partial charge in [0.2, 0.25) is 15.9 Å². The molecule has 1 aromatic carbocycles. The lowest BCUT2D eigenvalue weighted by Crippen LogP contribution is -2.40. The molecule has 0 saturated carbocycles. The highest BCUT2D eigenvalue weighted by molar-refractivity contribution is 7.90. The van der Waals surface area contributed by atoms with Crippen LogP contribution < -0.4 is 20.7 Å². The predicted octanol–water partition coefficient (Wildman–Crippen LogP) is 2.05. The topological polar surface area (TPSA) is 105 Å². The third-order valence-corrected chi connectivity index (χ3v) is 6.73. The molecule has 1 heterocycles. The van der Waals surface area contributed by atoms with Crippen molar-refractivity contribution < 1.29 is 13.2 Å². The largest absolute Gasteiger partial charge is 0.385 e. The fraction of sp³-hybridized carbons (Fsp3) is 0.632. The Kier molecular flexibility index (Phi) is 7.91. The zero-order valence-electron chi connectivity index (χ0n) is 16.3. The van der Waals surface area contributed by atoms with Crippen molar-refractivity contribution in [3.05, 3.63) is 24.3 Å². The summed E-state index contributed by atoms with van der Waals surface area (Å²) in [4.78, 5) is 13.6. The minimum Gasteiger partial charge on any atom is -0.385 e. The van der Waals surface area contributed by atoms with Gasteiger partial charge in [0.1, 0.15) is 6.04 Å². The molecule has 0 aliphatic carbocycles. The third kappa shape index (κ3) is 6.39. The van der Waals surface area contributed by atoms with Gasteiger partial charge in [-0.15, -0.1) is 0 Å². The molecule has 7 nitrogen and oxygen atoms in total. The van der Waals surface area contributed by atoms with Crippen molar-refractivity contribution in [1.82, 2.24) is 4.72 Å². The van der Waals surface area contributed by atoms with Crippen molar-refractivity contribution in [2.45, 2.75) is 57.2 Å². The molecule has 152 valence electrons. The van der Waals surface area contributed by atoms with E-state index in [0.29, 0.717) is 6.54 Å². The summed E-state index contributed by atoms with van der Waals surface area (Å²) in [5.74, 6) is -0.259. The highest BCUT2D eigenvalue weighted by Gasteiger charge is 2.28. The maximum Gasteiger partial charge on any atom is 0.240 e. The number of rotatable bonds is 11. The molecule has 1 atom stereocenters. The Morgan fingerprint density at radius 2 is 1.85 bits per heavy atom. The lowest BCUT2D eigenvalue weighted by atomic mass is 10.2. The third-order valence-electron chi connectivity index (χ3n) is 4.89. The fourth-order valence-electron chi connectivity index (χ4n) is 3.18. The van der Waals surface area contributed by atoms with Crippen LogP contribution in [-0.2, 0) is 14.8 Å². The number of carbonyl (C=O) groups excluding carboxylic acids is 1. The van der Waals surface area contributed by atoms with Gasteiger partial charge in [-0.2, -0.15) is 0 Å². The van der Waals surface area contributed by atoms with Crippen LogP contribution in [0.5, 0.6) is 0 Å². The minimum atomic E-state index is -3.15. The number of hydrogen-bond acceptors (Lipinski definition) is 5. The Labute approximate surface area is 162 Å². The number of nitrogens with two attached hydrogens (primary N) is 1. The summed E-state index contributed by atoms with van der Waals surface area (Å²) in [5, 5.41) is 2.98. The maximum absolute atomic E-state index is 11.6. The van der Waals surface area contributed by atoms with Crippen LogP contribution in [0.25, 0.3) is 0 Å².